The van der Waals surface area contributed by atoms with Crippen LogP contribution in [-0.4, -0.2) is 37.2 Å². The normalized spacial score (nSPS) is 10.6. The molecule has 0 radical (unpaired) electrons. The molecule has 0 aliphatic carbocycles. The number of aromatic carboxylic acids is 1. The molecule has 21 heavy (non-hydrogen) atoms. The third-order valence-corrected chi connectivity index (χ3v) is 2.45. The topological polar surface area (TPSA) is 111 Å². The highest BCUT2D eigenvalue weighted by Gasteiger charge is 2.08. The minimum Gasteiger partial charge on any atom is -0.478 e. The fourth-order valence-electron chi connectivity index (χ4n) is 1.41. The number of hydrogen-bond acceptors (Lipinski definition) is 5. The number of methoxy groups -OCH3 is 1. The van der Waals surface area contributed by atoms with Gasteiger partial charge in [-0.25, -0.2) is 4.79 Å². The fraction of sp³-hybridized carbons (Fsp3) is 0.214. The summed E-state index contributed by atoms with van der Waals surface area (Å²) in [6, 6.07) is 7.80. The lowest BCUT2D eigenvalue weighted by molar-refractivity contribution is -0.117. The average molecular weight is 289 g/mol. The number of hydrogen-bond donors (Lipinski definition) is 3. The molecule has 0 unspecified atom stereocenters. The predicted octanol–water partition coefficient (Wildman–Crippen LogP) is 0.967. The van der Waals surface area contributed by atoms with Crippen molar-refractivity contribution >= 4 is 17.6 Å². The maximum absolute atomic E-state index is 11.7. The maximum atomic E-state index is 11.7. The number of carbonyl (C=O) groups excluding carboxylic acids is 1. The first-order valence-corrected chi connectivity index (χ1v) is 6.05. The number of carboxylic acid groups (broad SMARTS) is 1. The van der Waals surface area contributed by atoms with E-state index in [0.717, 1.165) is 0 Å². The molecular weight excluding hydrogens is 274 g/mol. The molecule has 110 valence electrons. The molecule has 7 nitrogen and oxygen atoms in total. The number of anilines is 1. The Morgan fingerprint density at radius 2 is 2.24 bits per heavy atom. The van der Waals surface area contributed by atoms with E-state index in [0.29, 0.717) is 18.8 Å². The van der Waals surface area contributed by atoms with Gasteiger partial charge in [-0.15, -0.1) is 0 Å². The minimum atomic E-state index is -1.06. The molecule has 7 heteroatoms. The van der Waals surface area contributed by atoms with Crippen molar-refractivity contribution in [1.29, 1.82) is 5.26 Å². The van der Waals surface area contributed by atoms with E-state index in [9.17, 15) is 9.59 Å². The van der Waals surface area contributed by atoms with Gasteiger partial charge >= 0.3 is 5.97 Å². The van der Waals surface area contributed by atoms with Gasteiger partial charge in [-0.05, 0) is 18.2 Å². The van der Waals surface area contributed by atoms with Crippen LogP contribution in [0.4, 0.5) is 5.69 Å². The Labute approximate surface area is 121 Å². The Morgan fingerprint density at radius 3 is 2.86 bits per heavy atom. The Balaban J connectivity index is 2.72. The number of amides is 1. The Hall–Kier alpha value is -2.85. The zero-order valence-electron chi connectivity index (χ0n) is 11.4. The number of carbonyl (C=O) groups is 2. The zero-order valence-corrected chi connectivity index (χ0v) is 11.4. The number of nitrogens with zero attached hydrogens (tertiary/aromatic N) is 1. The molecular formula is C14H15N3O4. The third kappa shape index (κ3) is 5.34. The molecule has 0 aliphatic rings. The van der Waals surface area contributed by atoms with Crippen LogP contribution in [0.15, 0.2) is 36.0 Å². The molecule has 0 fully saturated rings. The Morgan fingerprint density at radius 1 is 1.48 bits per heavy atom. The van der Waals surface area contributed by atoms with Gasteiger partial charge in [0.25, 0.3) is 5.91 Å². The van der Waals surface area contributed by atoms with Crippen molar-refractivity contribution in [2.75, 3.05) is 25.6 Å². The quantitative estimate of drug-likeness (QED) is 0.392. The van der Waals surface area contributed by atoms with Crippen LogP contribution < -0.4 is 10.6 Å². The smallest absolute Gasteiger partial charge is 0.335 e. The first kappa shape index (κ1) is 16.2. The van der Waals surface area contributed by atoms with Crippen LogP contribution >= 0.6 is 0 Å². The molecule has 0 aliphatic heterocycles. The van der Waals surface area contributed by atoms with E-state index in [1.165, 1.54) is 25.4 Å². The highest BCUT2D eigenvalue weighted by Crippen LogP contribution is 2.11. The lowest BCUT2D eigenvalue weighted by atomic mass is 10.2. The SMILES string of the molecule is COCCNC(=O)/C(C#N)=C\Nc1cccc(C(=O)O)c1. The molecule has 0 atom stereocenters. The van der Waals surface area contributed by atoms with Crippen molar-refractivity contribution in [2.45, 2.75) is 0 Å². The highest BCUT2D eigenvalue weighted by atomic mass is 16.5. The summed E-state index contributed by atoms with van der Waals surface area (Å²) in [5, 5.41) is 23.0. The first-order valence-electron chi connectivity index (χ1n) is 6.05. The molecule has 1 rings (SSSR count). The summed E-state index contributed by atoms with van der Waals surface area (Å²) in [5.74, 6) is -1.59. The Kier molecular flexibility index (Phi) is 6.44. The monoisotopic (exact) mass is 289 g/mol. The molecule has 0 heterocycles. The van der Waals surface area contributed by atoms with E-state index in [-0.39, 0.29) is 11.1 Å². The average Bonchev–Trinajstić information content (AvgIpc) is 2.48. The van der Waals surface area contributed by atoms with Crippen molar-refractivity contribution < 1.29 is 19.4 Å². The van der Waals surface area contributed by atoms with Crippen molar-refractivity contribution in [3.8, 4) is 6.07 Å². The first-order chi connectivity index (χ1) is 10.1. The maximum Gasteiger partial charge on any atom is 0.335 e. The van der Waals surface area contributed by atoms with Crippen LogP contribution in [0.5, 0.6) is 0 Å². The third-order valence-electron chi connectivity index (χ3n) is 2.45. The Bertz CT molecular complexity index is 590. The molecule has 0 saturated heterocycles. The molecule has 0 saturated carbocycles. The van der Waals surface area contributed by atoms with Crippen molar-refractivity contribution in [3.63, 3.8) is 0 Å². The zero-order chi connectivity index (χ0) is 15.7. The number of rotatable bonds is 7. The summed E-state index contributed by atoms with van der Waals surface area (Å²) >= 11 is 0. The second-order valence-electron chi connectivity index (χ2n) is 3.95. The second-order valence-corrected chi connectivity index (χ2v) is 3.95. The van der Waals surface area contributed by atoms with Crippen molar-refractivity contribution in [3.05, 3.63) is 41.6 Å². The van der Waals surface area contributed by atoms with Gasteiger partial charge in [0.15, 0.2) is 0 Å². The molecule has 1 aromatic rings. The van der Waals surface area contributed by atoms with Gasteiger partial charge in [0.2, 0.25) is 0 Å². The van der Waals surface area contributed by atoms with E-state index < -0.39 is 11.9 Å². The highest BCUT2D eigenvalue weighted by molar-refractivity contribution is 5.97. The molecule has 0 aromatic heterocycles. The van der Waals surface area contributed by atoms with E-state index in [1.54, 1.807) is 18.2 Å². The summed E-state index contributed by atoms with van der Waals surface area (Å²) in [4.78, 5) is 22.5. The van der Waals surface area contributed by atoms with E-state index in [1.807, 2.05) is 0 Å². The van der Waals surface area contributed by atoms with Gasteiger partial charge in [0.1, 0.15) is 11.6 Å². The van der Waals surface area contributed by atoms with Crippen LogP contribution in [0.2, 0.25) is 0 Å². The molecule has 0 bridgehead atoms. The predicted molar refractivity (Wildman–Crippen MR) is 75.6 cm³/mol. The van der Waals surface area contributed by atoms with Crippen LogP contribution in [0.1, 0.15) is 10.4 Å². The van der Waals surface area contributed by atoms with E-state index >= 15 is 0 Å². The van der Waals surface area contributed by atoms with Gasteiger partial charge in [-0.3, -0.25) is 4.79 Å². The van der Waals surface area contributed by atoms with Gasteiger partial charge in [-0.1, -0.05) is 6.07 Å². The summed E-state index contributed by atoms with van der Waals surface area (Å²) in [6.07, 6.45) is 1.23. The van der Waals surface area contributed by atoms with Gasteiger partial charge < -0.3 is 20.5 Å². The van der Waals surface area contributed by atoms with Gasteiger partial charge in [-0.2, -0.15) is 5.26 Å². The van der Waals surface area contributed by atoms with Crippen molar-refractivity contribution in [2.24, 2.45) is 0 Å². The summed E-state index contributed by atoms with van der Waals surface area (Å²) in [7, 11) is 1.50. The van der Waals surface area contributed by atoms with Crippen LogP contribution in [0.3, 0.4) is 0 Å². The largest absolute Gasteiger partial charge is 0.478 e. The summed E-state index contributed by atoms with van der Waals surface area (Å²) in [5.41, 5.74) is 0.454. The van der Waals surface area contributed by atoms with Crippen LogP contribution in [0, 0.1) is 11.3 Å². The second kappa shape index (κ2) is 8.35. The lowest BCUT2D eigenvalue weighted by Crippen LogP contribution is -2.28. The van der Waals surface area contributed by atoms with Crippen molar-refractivity contribution in [1.82, 2.24) is 5.32 Å². The lowest BCUT2D eigenvalue weighted by Gasteiger charge is -2.05. The van der Waals surface area contributed by atoms with Crippen LogP contribution in [0.25, 0.3) is 0 Å². The van der Waals surface area contributed by atoms with Gasteiger partial charge in [0, 0.05) is 25.5 Å². The van der Waals surface area contributed by atoms with E-state index in [2.05, 4.69) is 10.6 Å². The number of nitrogens with one attached hydrogen (secondary N) is 2. The van der Waals surface area contributed by atoms with Crippen LogP contribution in [-0.2, 0) is 9.53 Å². The summed E-state index contributed by atoms with van der Waals surface area (Å²) < 4.78 is 4.78. The summed E-state index contributed by atoms with van der Waals surface area (Å²) in [6.45, 7) is 0.640. The van der Waals surface area contributed by atoms with E-state index in [4.69, 9.17) is 15.1 Å². The molecule has 1 amide bonds. The number of benzene rings is 1. The molecule has 0 spiro atoms. The number of nitriles is 1. The number of carboxylic acids is 1. The molecule has 1 aromatic carbocycles. The number of ether oxygens (including phenoxy) is 1. The minimum absolute atomic E-state index is 0.108. The standard InChI is InChI=1S/C14H15N3O4/c1-21-6-5-16-13(18)11(8-15)9-17-12-4-2-3-10(7-12)14(19)20/h2-4,7,9,17H,5-6H2,1H3,(H,16,18)(H,19,20)/b11-9-. The van der Waals surface area contributed by atoms with Gasteiger partial charge in [0.05, 0.1) is 12.2 Å². The fourth-order valence-corrected chi connectivity index (χ4v) is 1.41. The molecule has 3 N–H and O–H groups in total.